The van der Waals surface area contributed by atoms with E-state index >= 15 is 0 Å². The molecule has 27 heavy (non-hydrogen) atoms. The molecular formula is C20H22N4O3. The van der Waals surface area contributed by atoms with E-state index in [0.717, 1.165) is 18.7 Å². The molecule has 0 atom stereocenters. The van der Waals surface area contributed by atoms with E-state index in [2.05, 4.69) is 11.0 Å². The maximum absolute atomic E-state index is 12.8. The fourth-order valence-corrected chi connectivity index (χ4v) is 3.91. The van der Waals surface area contributed by atoms with Gasteiger partial charge in [0.05, 0.1) is 11.5 Å². The zero-order chi connectivity index (χ0) is 18.8. The van der Waals surface area contributed by atoms with Crippen molar-refractivity contribution in [2.45, 2.75) is 6.42 Å². The molecule has 0 N–H and O–H groups in total. The molecule has 1 saturated heterocycles. The van der Waals surface area contributed by atoms with Crippen molar-refractivity contribution < 1.29 is 9.72 Å². The van der Waals surface area contributed by atoms with E-state index in [4.69, 9.17) is 0 Å². The van der Waals surface area contributed by atoms with Crippen molar-refractivity contribution in [2.24, 2.45) is 0 Å². The van der Waals surface area contributed by atoms with Gasteiger partial charge in [-0.25, -0.2) is 0 Å². The predicted octanol–water partition coefficient (Wildman–Crippen LogP) is 2.31. The average Bonchev–Trinajstić information content (AvgIpc) is 3.13. The predicted molar refractivity (Wildman–Crippen MR) is 104 cm³/mol. The maximum Gasteiger partial charge on any atom is 0.292 e. The first-order valence-corrected chi connectivity index (χ1v) is 9.22. The van der Waals surface area contributed by atoms with E-state index in [1.165, 1.54) is 11.6 Å². The van der Waals surface area contributed by atoms with Crippen LogP contribution in [0, 0.1) is 10.1 Å². The second-order valence-electron chi connectivity index (χ2n) is 6.93. The summed E-state index contributed by atoms with van der Waals surface area (Å²) < 4.78 is 0. The number of piperazine rings is 1. The Balaban J connectivity index is 1.37. The van der Waals surface area contributed by atoms with Gasteiger partial charge >= 0.3 is 0 Å². The number of amides is 1. The molecule has 2 aliphatic heterocycles. The minimum Gasteiger partial charge on any atom is -0.363 e. The van der Waals surface area contributed by atoms with Gasteiger partial charge in [-0.05, 0) is 24.1 Å². The van der Waals surface area contributed by atoms with Gasteiger partial charge < -0.3 is 9.80 Å². The Hall–Kier alpha value is -2.93. The molecule has 0 aliphatic carbocycles. The third kappa shape index (κ3) is 3.50. The van der Waals surface area contributed by atoms with Gasteiger partial charge in [0.2, 0.25) is 5.91 Å². The number of rotatable bonds is 4. The van der Waals surface area contributed by atoms with Gasteiger partial charge in [0.25, 0.3) is 5.69 Å². The van der Waals surface area contributed by atoms with Crippen molar-refractivity contribution in [3.63, 3.8) is 0 Å². The summed E-state index contributed by atoms with van der Waals surface area (Å²) in [4.78, 5) is 29.7. The summed E-state index contributed by atoms with van der Waals surface area (Å²) in [5.74, 6) is 0.124. The van der Waals surface area contributed by atoms with Gasteiger partial charge in [0.15, 0.2) is 0 Å². The van der Waals surface area contributed by atoms with E-state index in [-0.39, 0.29) is 16.5 Å². The van der Waals surface area contributed by atoms with Gasteiger partial charge in [-0.3, -0.25) is 19.8 Å². The molecule has 0 radical (unpaired) electrons. The fraction of sp³-hybridized carbons (Fsp3) is 0.350. The van der Waals surface area contributed by atoms with Gasteiger partial charge in [-0.15, -0.1) is 0 Å². The molecule has 2 aromatic rings. The maximum atomic E-state index is 12.8. The molecule has 0 unspecified atom stereocenters. The summed E-state index contributed by atoms with van der Waals surface area (Å²) in [6.07, 6.45) is 0.910. The third-order valence-corrected chi connectivity index (χ3v) is 5.34. The first-order valence-electron chi connectivity index (χ1n) is 9.22. The SMILES string of the molecule is O=C(CN1CCN(c2ccccc2[N+](=O)[O-])CC1)N1CCc2ccccc21. The monoisotopic (exact) mass is 366 g/mol. The molecule has 140 valence electrons. The van der Waals surface area contributed by atoms with E-state index in [1.54, 1.807) is 12.1 Å². The van der Waals surface area contributed by atoms with E-state index in [9.17, 15) is 14.9 Å². The Bertz CT molecular complexity index is 862. The number of nitrogens with zero attached hydrogens (tertiary/aromatic N) is 4. The number of carbonyl (C=O) groups is 1. The van der Waals surface area contributed by atoms with Crippen LogP contribution in [0.1, 0.15) is 5.56 Å². The lowest BCUT2D eigenvalue weighted by atomic mass is 10.2. The van der Waals surface area contributed by atoms with Crippen molar-refractivity contribution in [3.05, 3.63) is 64.2 Å². The molecule has 7 nitrogen and oxygen atoms in total. The molecule has 7 heteroatoms. The normalized spacial score (nSPS) is 17.0. The minimum absolute atomic E-state index is 0.124. The molecular weight excluding hydrogens is 344 g/mol. The smallest absolute Gasteiger partial charge is 0.292 e. The number of anilines is 2. The Morgan fingerprint density at radius 1 is 0.926 bits per heavy atom. The van der Waals surface area contributed by atoms with Crippen LogP contribution in [0.5, 0.6) is 0 Å². The summed E-state index contributed by atoms with van der Waals surface area (Å²) in [6.45, 7) is 3.91. The summed E-state index contributed by atoms with van der Waals surface area (Å²) in [5, 5.41) is 11.2. The number of nitro benzene ring substituents is 1. The molecule has 0 bridgehead atoms. The number of para-hydroxylation sites is 3. The van der Waals surface area contributed by atoms with Crippen LogP contribution in [0.3, 0.4) is 0 Å². The van der Waals surface area contributed by atoms with Crippen LogP contribution < -0.4 is 9.80 Å². The lowest BCUT2D eigenvalue weighted by Crippen LogP contribution is -2.50. The highest BCUT2D eigenvalue weighted by Crippen LogP contribution is 2.29. The van der Waals surface area contributed by atoms with Crippen LogP contribution in [0.4, 0.5) is 17.1 Å². The number of carbonyl (C=O) groups excluding carboxylic acids is 1. The van der Waals surface area contributed by atoms with E-state index in [0.29, 0.717) is 38.4 Å². The number of fused-ring (bicyclic) bond motifs is 1. The largest absolute Gasteiger partial charge is 0.363 e. The van der Waals surface area contributed by atoms with Gasteiger partial charge in [-0.1, -0.05) is 30.3 Å². The quantitative estimate of drug-likeness (QED) is 0.613. The van der Waals surface area contributed by atoms with E-state index in [1.807, 2.05) is 34.1 Å². The topological polar surface area (TPSA) is 69.9 Å². The Labute approximate surface area is 157 Å². The molecule has 0 saturated carbocycles. The summed E-state index contributed by atoms with van der Waals surface area (Å²) >= 11 is 0. The molecule has 2 aliphatic rings. The Morgan fingerprint density at radius 3 is 2.33 bits per heavy atom. The highest BCUT2D eigenvalue weighted by molar-refractivity contribution is 5.96. The molecule has 1 amide bonds. The van der Waals surface area contributed by atoms with Crippen molar-refractivity contribution in [1.82, 2.24) is 4.90 Å². The van der Waals surface area contributed by atoms with Gasteiger partial charge in [0.1, 0.15) is 5.69 Å². The highest BCUT2D eigenvalue weighted by Gasteiger charge is 2.28. The van der Waals surface area contributed by atoms with Crippen LogP contribution in [-0.2, 0) is 11.2 Å². The first kappa shape index (κ1) is 17.5. The fourth-order valence-electron chi connectivity index (χ4n) is 3.91. The summed E-state index contributed by atoms with van der Waals surface area (Å²) in [5.41, 5.74) is 3.05. The molecule has 4 rings (SSSR count). The molecule has 2 aromatic carbocycles. The van der Waals surface area contributed by atoms with Crippen molar-refractivity contribution in [3.8, 4) is 0 Å². The lowest BCUT2D eigenvalue weighted by Gasteiger charge is -2.36. The number of hydrogen-bond acceptors (Lipinski definition) is 5. The number of hydrogen-bond donors (Lipinski definition) is 0. The minimum atomic E-state index is -0.337. The number of nitro groups is 1. The van der Waals surface area contributed by atoms with E-state index < -0.39 is 0 Å². The zero-order valence-corrected chi connectivity index (χ0v) is 15.1. The summed E-state index contributed by atoms with van der Waals surface area (Å²) in [7, 11) is 0. The highest BCUT2D eigenvalue weighted by atomic mass is 16.6. The standard InChI is InChI=1S/C20H22N4O3/c25-20(23-10-9-16-5-1-2-6-17(16)23)15-21-11-13-22(14-12-21)18-7-3-4-8-19(18)24(26)27/h1-8H,9-15H2. The molecule has 1 fully saturated rings. The van der Waals surface area contributed by atoms with Gasteiger partial charge in [0, 0.05) is 44.5 Å². The first-order chi connectivity index (χ1) is 13.1. The Morgan fingerprint density at radius 2 is 1.59 bits per heavy atom. The summed E-state index contributed by atoms with van der Waals surface area (Å²) in [6, 6.07) is 14.9. The van der Waals surface area contributed by atoms with Crippen LogP contribution >= 0.6 is 0 Å². The third-order valence-electron chi connectivity index (χ3n) is 5.34. The molecule has 0 aromatic heterocycles. The molecule has 2 heterocycles. The van der Waals surface area contributed by atoms with Crippen LogP contribution in [0.2, 0.25) is 0 Å². The second kappa shape index (κ2) is 7.36. The lowest BCUT2D eigenvalue weighted by molar-refractivity contribution is -0.384. The number of benzene rings is 2. The van der Waals surface area contributed by atoms with Crippen molar-refractivity contribution >= 4 is 23.0 Å². The van der Waals surface area contributed by atoms with Crippen molar-refractivity contribution in [1.29, 1.82) is 0 Å². The Kier molecular flexibility index (Phi) is 4.77. The van der Waals surface area contributed by atoms with Crippen LogP contribution in [-0.4, -0.2) is 55.0 Å². The second-order valence-corrected chi connectivity index (χ2v) is 6.93. The average molecular weight is 366 g/mol. The van der Waals surface area contributed by atoms with Crippen LogP contribution in [0.25, 0.3) is 0 Å². The van der Waals surface area contributed by atoms with Gasteiger partial charge in [-0.2, -0.15) is 0 Å². The molecule has 0 spiro atoms. The van der Waals surface area contributed by atoms with Crippen molar-refractivity contribution in [2.75, 3.05) is 49.1 Å². The van der Waals surface area contributed by atoms with Crippen LogP contribution in [0.15, 0.2) is 48.5 Å². The zero-order valence-electron chi connectivity index (χ0n) is 15.1.